The van der Waals surface area contributed by atoms with Gasteiger partial charge in [-0.2, -0.15) is 0 Å². The lowest BCUT2D eigenvalue weighted by Crippen LogP contribution is -2.40. The molecule has 2 aliphatic rings. The Balaban J connectivity index is 1.89. The lowest BCUT2D eigenvalue weighted by Gasteiger charge is -2.30. The highest BCUT2D eigenvalue weighted by Gasteiger charge is 2.26. The number of aromatic carboxylic acids is 1. The molecule has 0 atom stereocenters. The van der Waals surface area contributed by atoms with Gasteiger partial charge in [-0.25, -0.2) is 4.79 Å². The molecule has 2 aliphatic heterocycles. The van der Waals surface area contributed by atoms with Crippen molar-refractivity contribution in [2.24, 2.45) is 0 Å². The van der Waals surface area contributed by atoms with Gasteiger partial charge < -0.3 is 19.5 Å². The third-order valence-corrected chi connectivity index (χ3v) is 5.23. The molecule has 1 saturated heterocycles. The number of hydrogen-bond acceptors (Lipinski definition) is 4. The molecule has 1 amide bonds. The average Bonchev–Trinajstić information content (AvgIpc) is 2.60. The average molecular weight is 347 g/mol. The van der Waals surface area contributed by atoms with Crippen molar-refractivity contribution in [2.75, 3.05) is 26.2 Å². The number of nitrogens with zero attached hydrogens (tertiary/aromatic N) is 3. The maximum absolute atomic E-state index is 12.7. The van der Waals surface area contributed by atoms with E-state index >= 15 is 0 Å². The minimum Gasteiger partial charge on any atom is -0.477 e. The SMILES string of the molecule is CC(=O)N1CCc2c(cn(CCN3CCCCC3)c(=O)c2C(=O)O)C1. The molecule has 3 rings (SSSR count). The lowest BCUT2D eigenvalue weighted by atomic mass is 9.96. The Kier molecular flexibility index (Phi) is 5.22. The third-order valence-electron chi connectivity index (χ3n) is 5.23. The molecule has 1 aromatic heterocycles. The van der Waals surface area contributed by atoms with Crippen LogP contribution in [0, 0.1) is 0 Å². The fourth-order valence-corrected chi connectivity index (χ4v) is 3.80. The van der Waals surface area contributed by atoms with Crippen molar-refractivity contribution < 1.29 is 14.7 Å². The summed E-state index contributed by atoms with van der Waals surface area (Å²) in [6.07, 6.45) is 5.77. The number of fused-ring (bicyclic) bond motifs is 1. The molecule has 0 spiro atoms. The van der Waals surface area contributed by atoms with Crippen LogP contribution in [-0.4, -0.2) is 57.5 Å². The zero-order chi connectivity index (χ0) is 18.0. The molecule has 25 heavy (non-hydrogen) atoms. The number of pyridine rings is 1. The van der Waals surface area contributed by atoms with Crippen LogP contribution in [-0.2, 0) is 24.3 Å². The monoisotopic (exact) mass is 347 g/mol. The number of carbonyl (C=O) groups excluding carboxylic acids is 1. The van der Waals surface area contributed by atoms with Gasteiger partial charge in [-0.05, 0) is 43.5 Å². The normalized spacial score (nSPS) is 18.0. The van der Waals surface area contributed by atoms with Gasteiger partial charge >= 0.3 is 5.97 Å². The number of likely N-dealkylation sites (tertiary alicyclic amines) is 1. The van der Waals surface area contributed by atoms with E-state index in [1.54, 1.807) is 11.1 Å². The number of aromatic nitrogens is 1. The zero-order valence-corrected chi connectivity index (χ0v) is 14.7. The quantitative estimate of drug-likeness (QED) is 0.876. The first-order valence-corrected chi connectivity index (χ1v) is 8.93. The molecule has 3 heterocycles. The fourth-order valence-electron chi connectivity index (χ4n) is 3.80. The van der Waals surface area contributed by atoms with Crippen LogP contribution in [0.1, 0.15) is 47.7 Å². The molecule has 1 fully saturated rings. The lowest BCUT2D eigenvalue weighted by molar-refractivity contribution is -0.129. The van der Waals surface area contributed by atoms with E-state index in [-0.39, 0.29) is 11.5 Å². The molecule has 7 heteroatoms. The van der Waals surface area contributed by atoms with Crippen LogP contribution in [0.4, 0.5) is 0 Å². The van der Waals surface area contributed by atoms with Gasteiger partial charge in [0.1, 0.15) is 5.56 Å². The molecular formula is C18H25N3O4. The van der Waals surface area contributed by atoms with Gasteiger partial charge in [-0.3, -0.25) is 9.59 Å². The molecule has 1 N–H and O–H groups in total. The maximum Gasteiger partial charge on any atom is 0.341 e. The first-order valence-electron chi connectivity index (χ1n) is 8.93. The highest BCUT2D eigenvalue weighted by Crippen LogP contribution is 2.21. The van der Waals surface area contributed by atoms with E-state index in [1.165, 1.54) is 30.8 Å². The van der Waals surface area contributed by atoms with Gasteiger partial charge in [0.2, 0.25) is 5.91 Å². The molecule has 136 valence electrons. The van der Waals surface area contributed by atoms with Crippen LogP contribution in [0.5, 0.6) is 0 Å². The highest BCUT2D eigenvalue weighted by molar-refractivity contribution is 5.89. The second-order valence-electron chi connectivity index (χ2n) is 6.90. The number of piperidine rings is 1. The van der Waals surface area contributed by atoms with Crippen molar-refractivity contribution in [2.45, 2.75) is 45.7 Å². The van der Waals surface area contributed by atoms with Gasteiger partial charge in [-0.15, -0.1) is 0 Å². The minimum absolute atomic E-state index is 0.0337. The zero-order valence-electron chi connectivity index (χ0n) is 14.7. The summed E-state index contributed by atoms with van der Waals surface area (Å²) in [6, 6.07) is 0. The molecule has 0 unspecified atom stereocenters. The number of hydrogen-bond donors (Lipinski definition) is 1. The van der Waals surface area contributed by atoms with E-state index < -0.39 is 11.5 Å². The van der Waals surface area contributed by atoms with E-state index in [9.17, 15) is 19.5 Å². The van der Waals surface area contributed by atoms with E-state index in [0.717, 1.165) is 25.2 Å². The smallest absolute Gasteiger partial charge is 0.341 e. The van der Waals surface area contributed by atoms with E-state index in [0.29, 0.717) is 31.6 Å². The predicted octanol–water partition coefficient (Wildman–Crippen LogP) is 0.937. The largest absolute Gasteiger partial charge is 0.477 e. The van der Waals surface area contributed by atoms with Crippen LogP contribution in [0.2, 0.25) is 0 Å². The molecule has 1 aromatic rings. The third kappa shape index (κ3) is 3.76. The molecule has 0 aliphatic carbocycles. The molecule has 0 aromatic carbocycles. The van der Waals surface area contributed by atoms with Crippen LogP contribution < -0.4 is 5.56 Å². The summed E-state index contributed by atoms with van der Waals surface area (Å²) in [4.78, 5) is 40.0. The molecule has 0 radical (unpaired) electrons. The Morgan fingerprint density at radius 1 is 1.12 bits per heavy atom. The van der Waals surface area contributed by atoms with Crippen LogP contribution in [0.3, 0.4) is 0 Å². The summed E-state index contributed by atoms with van der Waals surface area (Å²) in [7, 11) is 0. The van der Waals surface area contributed by atoms with Gasteiger partial charge in [0, 0.05) is 39.3 Å². The standard InChI is InChI=1S/C18H25N3O4/c1-13(22)20-8-5-15-14(11-20)12-21(17(23)16(15)18(24)25)10-9-19-6-3-2-4-7-19/h12H,2-11H2,1H3,(H,24,25). The molecule has 0 bridgehead atoms. The highest BCUT2D eigenvalue weighted by atomic mass is 16.4. The summed E-state index contributed by atoms with van der Waals surface area (Å²) >= 11 is 0. The number of carboxylic acid groups (broad SMARTS) is 1. The Morgan fingerprint density at radius 3 is 2.48 bits per heavy atom. The Morgan fingerprint density at radius 2 is 1.84 bits per heavy atom. The van der Waals surface area contributed by atoms with Gasteiger partial charge in [-0.1, -0.05) is 6.42 Å². The van der Waals surface area contributed by atoms with Crippen LogP contribution in [0.25, 0.3) is 0 Å². The summed E-state index contributed by atoms with van der Waals surface area (Å²) in [5.74, 6) is -1.21. The second kappa shape index (κ2) is 7.39. The van der Waals surface area contributed by atoms with Crippen molar-refractivity contribution in [3.8, 4) is 0 Å². The summed E-state index contributed by atoms with van der Waals surface area (Å²) in [6.45, 7) is 5.62. The van der Waals surface area contributed by atoms with E-state index in [2.05, 4.69) is 4.90 Å². The number of carboxylic acids is 1. The first-order chi connectivity index (χ1) is 12.0. The van der Waals surface area contributed by atoms with Crippen LogP contribution in [0.15, 0.2) is 11.0 Å². The summed E-state index contributed by atoms with van der Waals surface area (Å²) < 4.78 is 1.51. The van der Waals surface area contributed by atoms with Crippen molar-refractivity contribution in [3.63, 3.8) is 0 Å². The number of carbonyl (C=O) groups is 2. The Bertz CT molecular complexity index is 735. The van der Waals surface area contributed by atoms with E-state index in [1.807, 2.05) is 0 Å². The van der Waals surface area contributed by atoms with Gasteiger partial charge in [0.25, 0.3) is 5.56 Å². The topological polar surface area (TPSA) is 82.9 Å². The molecule has 7 nitrogen and oxygen atoms in total. The number of rotatable bonds is 4. The Labute approximate surface area is 146 Å². The Hall–Kier alpha value is -2.15. The summed E-state index contributed by atoms with van der Waals surface area (Å²) in [5.41, 5.74) is 0.806. The number of amides is 1. The van der Waals surface area contributed by atoms with E-state index in [4.69, 9.17) is 0 Å². The predicted molar refractivity (Wildman–Crippen MR) is 92.7 cm³/mol. The fraction of sp³-hybridized carbons (Fsp3) is 0.611. The summed E-state index contributed by atoms with van der Waals surface area (Å²) in [5, 5.41) is 9.53. The second-order valence-corrected chi connectivity index (χ2v) is 6.90. The van der Waals surface area contributed by atoms with Crippen molar-refractivity contribution in [1.29, 1.82) is 0 Å². The van der Waals surface area contributed by atoms with Gasteiger partial charge in [0.15, 0.2) is 0 Å². The van der Waals surface area contributed by atoms with Crippen molar-refractivity contribution in [3.05, 3.63) is 33.2 Å². The maximum atomic E-state index is 12.7. The van der Waals surface area contributed by atoms with Crippen LogP contribution >= 0.6 is 0 Å². The molecular weight excluding hydrogens is 322 g/mol. The first kappa shape index (κ1) is 17.7. The van der Waals surface area contributed by atoms with Gasteiger partial charge in [0.05, 0.1) is 0 Å². The molecule has 0 saturated carbocycles. The van der Waals surface area contributed by atoms with Crippen molar-refractivity contribution >= 4 is 11.9 Å². The van der Waals surface area contributed by atoms with Crippen molar-refractivity contribution in [1.82, 2.24) is 14.4 Å². The minimum atomic E-state index is -1.18.